The molecule has 0 aliphatic carbocycles. The number of likely N-dealkylation sites (N-methyl/N-ethyl adjacent to an activating group) is 1. The van der Waals surface area contributed by atoms with Gasteiger partial charge in [-0.25, -0.2) is 4.57 Å². The molecule has 0 saturated heterocycles. The van der Waals surface area contributed by atoms with Crippen molar-refractivity contribution in [1.82, 2.24) is 0 Å². The van der Waals surface area contributed by atoms with E-state index in [-0.39, 0.29) is 25.6 Å². The molecule has 0 spiro atoms. The maximum Gasteiger partial charge on any atom is 0.472 e. The first-order valence-corrected chi connectivity index (χ1v) is 41.7. The number of phosphoric acid groups is 1. The zero-order valence-corrected chi connectivity index (χ0v) is 62.5. The van der Waals surface area contributed by atoms with Crippen LogP contribution in [0, 0.1) is 0 Å². The smallest absolute Gasteiger partial charge is 0.462 e. The molecule has 0 heterocycles. The first kappa shape index (κ1) is 89.2. The monoisotopic (exact) mass is 1300 g/mol. The molecule has 2 unspecified atom stereocenters. The topological polar surface area (TPSA) is 108 Å². The highest BCUT2D eigenvalue weighted by molar-refractivity contribution is 7.47. The van der Waals surface area contributed by atoms with Crippen LogP contribution >= 0.6 is 7.82 Å². The molecule has 0 fully saturated rings. The predicted molar refractivity (Wildman–Crippen MR) is 395 cm³/mol. The van der Waals surface area contributed by atoms with Crippen LogP contribution in [0.25, 0.3) is 0 Å². The van der Waals surface area contributed by atoms with E-state index in [0.717, 1.165) is 44.9 Å². The third-order valence-corrected chi connectivity index (χ3v) is 19.4. The van der Waals surface area contributed by atoms with Gasteiger partial charge in [-0.05, 0) is 51.4 Å². The Morgan fingerprint density at radius 1 is 0.341 bits per heavy atom. The number of quaternary nitrogens is 1. The van der Waals surface area contributed by atoms with E-state index in [1.54, 1.807) is 0 Å². The van der Waals surface area contributed by atoms with Crippen LogP contribution in [0.1, 0.15) is 418 Å². The fraction of sp³-hybridized carbons (Fsp3) is 0.901. The Balaban J connectivity index is 3.91. The lowest BCUT2D eigenvalue weighted by Gasteiger charge is -2.24. The Morgan fingerprint density at radius 3 is 0.879 bits per heavy atom. The van der Waals surface area contributed by atoms with E-state index in [9.17, 15) is 19.0 Å². The number of ether oxygens (including phenoxy) is 2. The minimum atomic E-state index is -4.39. The zero-order valence-electron chi connectivity index (χ0n) is 61.6. The van der Waals surface area contributed by atoms with E-state index in [0.29, 0.717) is 23.9 Å². The number of allylic oxidation sites excluding steroid dienone is 6. The highest BCUT2D eigenvalue weighted by Gasteiger charge is 2.27. The summed E-state index contributed by atoms with van der Waals surface area (Å²) in [6.45, 7) is 4.51. The Hall–Kier alpha value is -1.77. The number of phosphoric ester groups is 1. The van der Waals surface area contributed by atoms with Crippen molar-refractivity contribution in [3.8, 4) is 0 Å². The van der Waals surface area contributed by atoms with Crippen molar-refractivity contribution in [3.05, 3.63) is 36.5 Å². The Morgan fingerprint density at radius 2 is 0.593 bits per heavy atom. The van der Waals surface area contributed by atoms with Gasteiger partial charge in [-0.15, -0.1) is 0 Å². The molecular formula is C81H157NO8P+. The first-order valence-electron chi connectivity index (χ1n) is 40.2. The van der Waals surface area contributed by atoms with E-state index in [4.69, 9.17) is 18.5 Å². The summed E-state index contributed by atoms with van der Waals surface area (Å²) in [5, 5.41) is 0. The van der Waals surface area contributed by atoms with Crippen molar-refractivity contribution < 1.29 is 42.1 Å². The molecule has 0 radical (unpaired) electrons. The van der Waals surface area contributed by atoms with Crippen LogP contribution in [0.5, 0.6) is 0 Å². The first-order chi connectivity index (χ1) is 44.5. The van der Waals surface area contributed by atoms with E-state index in [2.05, 4.69) is 50.3 Å². The van der Waals surface area contributed by atoms with Crippen LogP contribution in [0.3, 0.4) is 0 Å². The van der Waals surface area contributed by atoms with Gasteiger partial charge in [0.25, 0.3) is 0 Å². The second kappa shape index (κ2) is 72.5. The third-order valence-electron chi connectivity index (χ3n) is 18.4. The second-order valence-electron chi connectivity index (χ2n) is 28.8. The van der Waals surface area contributed by atoms with Crippen molar-refractivity contribution >= 4 is 19.8 Å². The van der Waals surface area contributed by atoms with E-state index >= 15 is 0 Å². The molecule has 0 saturated carbocycles. The summed E-state index contributed by atoms with van der Waals surface area (Å²) >= 11 is 0. The summed E-state index contributed by atoms with van der Waals surface area (Å²) in [6.07, 6.45) is 94.4. The normalized spacial score (nSPS) is 13.2. The quantitative estimate of drug-likeness (QED) is 0.0211. The molecule has 0 amide bonds. The summed E-state index contributed by atoms with van der Waals surface area (Å²) in [6, 6.07) is 0. The summed E-state index contributed by atoms with van der Waals surface area (Å²) < 4.78 is 34.8. The highest BCUT2D eigenvalue weighted by Crippen LogP contribution is 2.43. The lowest BCUT2D eigenvalue weighted by atomic mass is 10.0. The van der Waals surface area contributed by atoms with Gasteiger partial charge in [0.2, 0.25) is 0 Å². The van der Waals surface area contributed by atoms with Gasteiger partial charge in [-0.2, -0.15) is 0 Å². The molecule has 0 rings (SSSR count). The minimum absolute atomic E-state index is 0.0350. The average molecular weight is 1300 g/mol. The summed E-state index contributed by atoms with van der Waals surface area (Å²) in [7, 11) is 1.50. The number of hydrogen-bond acceptors (Lipinski definition) is 7. The van der Waals surface area contributed by atoms with Crippen molar-refractivity contribution in [2.75, 3.05) is 47.5 Å². The Bertz CT molecular complexity index is 1630. The molecule has 91 heavy (non-hydrogen) atoms. The lowest BCUT2D eigenvalue weighted by molar-refractivity contribution is -0.870. The molecule has 0 aromatic heterocycles. The van der Waals surface area contributed by atoms with Gasteiger partial charge in [0.1, 0.15) is 19.8 Å². The Kier molecular flexibility index (Phi) is 71.1. The number of nitrogens with zero attached hydrogens (tertiary/aromatic N) is 1. The third kappa shape index (κ3) is 77.1. The van der Waals surface area contributed by atoms with Crippen LogP contribution in [0.4, 0.5) is 0 Å². The highest BCUT2D eigenvalue weighted by atomic mass is 31.2. The molecular weight excluding hydrogens is 1150 g/mol. The van der Waals surface area contributed by atoms with Crippen LogP contribution < -0.4 is 0 Å². The molecule has 2 atom stereocenters. The van der Waals surface area contributed by atoms with Gasteiger partial charge >= 0.3 is 19.8 Å². The molecule has 0 bridgehead atoms. The fourth-order valence-corrected chi connectivity index (χ4v) is 13.0. The summed E-state index contributed by atoms with van der Waals surface area (Å²) in [4.78, 5) is 36.0. The summed E-state index contributed by atoms with van der Waals surface area (Å²) in [5.74, 6) is -0.772. The van der Waals surface area contributed by atoms with Crippen LogP contribution in [-0.4, -0.2) is 74.9 Å². The van der Waals surface area contributed by atoms with Crippen molar-refractivity contribution in [1.29, 1.82) is 0 Å². The van der Waals surface area contributed by atoms with Crippen LogP contribution in [0.15, 0.2) is 36.5 Å². The maximum absolute atomic E-state index is 12.9. The van der Waals surface area contributed by atoms with E-state index in [1.165, 1.54) is 340 Å². The van der Waals surface area contributed by atoms with E-state index < -0.39 is 26.5 Å². The number of carbonyl (C=O) groups excluding carboxylic acids is 2. The van der Waals surface area contributed by atoms with Gasteiger partial charge < -0.3 is 18.9 Å². The molecule has 10 heteroatoms. The molecule has 1 N–H and O–H groups in total. The molecule has 0 aliphatic rings. The van der Waals surface area contributed by atoms with Gasteiger partial charge in [-0.3, -0.25) is 18.6 Å². The second-order valence-corrected chi connectivity index (χ2v) is 30.3. The number of carbonyl (C=O) groups is 2. The molecule has 0 aliphatic heterocycles. The maximum atomic E-state index is 12.9. The number of unbranched alkanes of at least 4 members (excludes halogenated alkanes) is 56. The SMILES string of the molecule is CCCCCCC/C=C\C/C=C\C/C=C\CCCCCCCCCCCCCCCCCCCCC(=O)OC(COC(=O)CCCCCCCCCCCCCCCCCCCCCCCCCCCCCCCCCCCC)COP(=O)(O)OCC[N+](C)(C)C. The molecule has 538 valence electrons. The fourth-order valence-electron chi connectivity index (χ4n) is 12.3. The minimum Gasteiger partial charge on any atom is -0.462 e. The molecule has 9 nitrogen and oxygen atoms in total. The van der Waals surface area contributed by atoms with Crippen molar-refractivity contribution in [2.45, 2.75) is 424 Å². The number of rotatable bonds is 76. The molecule has 0 aromatic carbocycles. The molecule has 0 aromatic rings. The van der Waals surface area contributed by atoms with Crippen LogP contribution in [-0.2, 0) is 32.7 Å². The summed E-state index contributed by atoms with van der Waals surface area (Å²) in [5.41, 5.74) is 0. The van der Waals surface area contributed by atoms with Gasteiger partial charge in [0.15, 0.2) is 6.10 Å². The average Bonchev–Trinajstić information content (AvgIpc) is 3.62. The zero-order chi connectivity index (χ0) is 66.2. The largest absolute Gasteiger partial charge is 0.472 e. The number of esters is 2. The predicted octanol–water partition coefficient (Wildman–Crippen LogP) is 26.6. The van der Waals surface area contributed by atoms with Crippen molar-refractivity contribution in [2.24, 2.45) is 0 Å². The van der Waals surface area contributed by atoms with Crippen molar-refractivity contribution in [3.63, 3.8) is 0 Å². The lowest BCUT2D eigenvalue weighted by Crippen LogP contribution is -2.37. The Labute approximate surface area is 567 Å². The van der Waals surface area contributed by atoms with Gasteiger partial charge in [-0.1, -0.05) is 391 Å². The van der Waals surface area contributed by atoms with Crippen LogP contribution in [0.2, 0.25) is 0 Å². The van der Waals surface area contributed by atoms with Gasteiger partial charge in [0.05, 0.1) is 27.7 Å². The standard InChI is InChI=1S/C81H156NO8P/c1-6-8-10-12-14-16-18-20-22-24-26-28-30-32-34-36-38-40-42-43-45-47-49-51-53-55-57-59-61-63-65-67-69-71-73-80(83)87-77-79(78-89-91(85,86)88-76-75-82(3,4)5)90-81(84)74-72-70-68-66-64-62-60-58-56-54-52-50-48-46-44-41-39-37-35-33-31-29-27-25-23-21-19-17-15-13-11-9-7-2/h19,21,25,27,31,33,79H,6-18,20,22-24,26,28-30,32,34-78H2,1-5H3/p+1/b21-19-,27-25-,33-31-. The number of hydrogen-bond donors (Lipinski definition) is 1. The van der Waals surface area contributed by atoms with E-state index in [1.807, 2.05) is 21.1 Å². The van der Waals surface area contributed by atoms with Gasteiger partial charge in [0, 0.05) is 12.8 Å².